The standard InChI is InChI=1S/C17H31N2O.HI/c1-5-19(6-2,7-3)13-9-8-10-14-20-17-15-16(4)11-12-18-17;/h11-12,15H,5-10,13-14H2,1-4H3;1H/q+1;/p-1. The number of unbranched alkanes of at least 4 members (excludes halogenated alkanes) is 2. The van der Waals surface area contributed by atoms with E-state index in [4.69, 9.17) is 4.74 Å². The number of hydrogen-bond donors (Lipinski definition) is 0. The quantitative estimate of drug-likeness (QED) is 0.326. The van der Waals surface area contributed by atoms with Crippen LogP contribution in [-0.4, -0.2) is 42.3 Å². The number of halogens is 1. The second-order valence-corrected chi connectivity index (χ2v) is 5.59. The van der Waals surface area contributed by atoms with Gasteiger partial charge in [-0.05, 0) is 58.6 Å². The van der Waals surface area contributed by atoms with Gasteiger partial charge in [0, 0.05) is 12.3 Å². The molecule has 122 valence electrons. The van der Waals surface area contributed by atoms with Crippen molar-refractivity contribution in [2.45, 2.75) is 47.0 Å². The van der Waals surface area contributed by atoms with Gasteiger partial charge in [0.05, 0.1) is 32.8 Å². The molecule has 0 unspecified atom stereocenters. The third-order valence-electron chi connectivity index (χ3n) is 4.43. The maximum atomic E-state index is 5.68. The SMILES string of the molecule is CC[N+](CC)(CC)CCCCCOc1cc(C)ccn1.[I-]. The molecular weight excluding hydrogens is 375 g/mol. The minimum absolute atomic E-state index is 0. The van der Waals surface area contributed by atoms with Crippen LogP contribution in [0.15, 0.2) is 18.3 Å². The largest absolute Gasteiger partial charge is 1.00 e. The molecule has 0 saturated carbocycles. The second kappa shape index (κ2) is 11.2. The van der Waals surface area contributed by atoms with Gasteiger partial charge in [0.25, 0.3) is 0 Å². The molecule has 0 bridgehead atoms. The van der Waals surface area contributed by atoms with E-state index in [1.54, 1.807) is 6.20 Å². The first-order valence-corrected chi connectivity index (χ1v) is 8.06. The van der Waals surface area contributed by atoms with Crippen molar-refractivity contribution in [2.24, 2.45) is 0 Å². The Balaban J connectivity index is 0.00000400. The van der Waals surface area contributed by atoms with Crippen LogP contribution in [0.2, 0.25) is 0 Å². The second-order valence-electron chi connectivity index (χ2n) is 5.59. The smallest absolute Gasteiger partial charge is 0.213 e. The Kier molecular flexibility index (Phi) is 11.0. The van der Waals surface area contributed by atoms with Crippen LogP contribution in [0, 0.1) is 6.92 Å². The highest BCUT2D eigenvalue weighted by Crippen LogP contribution is 2.11. The number of rotatable bonds is 10. The van der Waals surface area contributed by atoms with Gasteiger partial charge in [0.15, 0.2) is 0 Å². The Morgan fingerprint density at radius 3 is 2.29 bits per heavy atom. The van der Waals surface area contributed by atoms with Gasteiger partial charge in [0.2, 0.25) is 5.88 Å². The summed E-state index contributed by atoms with van der Waals surface area (Å²) in [6, 6.07) is 3.98. The number of hydrogen-bond acceptors (Lipinski definition) is 2. The summed E-state index contributed by atoms with van der Waals surface area (Å²) in [6.45, 7) is 14.8. The first-order valence-electron chi connectivity index (χ1n) is 8.06. The van der Waals surface area contributed by atoms with Crippen LogP contribution >= 0.6 is 0 Å². The van der Waals surface area contributed by atoms with E-state index in [1.165, 1.54) is 49.1 Å². The maximum absolute atomic E-state index is 5.68. The molecule has 0 radical (unpaired) electrons. The highest BCUT2D eigenvalue weighted by atomic mass is 127. The lowest BCUT2D eigenvalue weighted by molar-refractivity contribution is -0.923. The summed E-state index contributed by atoms with van der Waals surface area (Å²) in [5, 5.41) is 0. The van der Waals surface area contributed by atoms with Crippen LogP contribution in [0.3, 0.4) is 0 Å². The van der Waals surface area contributed by atoms with Gasteiger partial charge in [-0.15, -0.1) is 0 Å². The summed E-state index contributed by atoms with van der Waals surface area (Å²) in [5.74, 6) is 0.755. The van der Waals surface area contributed by atoms with Crippen molar-refractivity contribution < 1.29 is 33.2 Å². The monoisotopic (exact) mass is 406 g/mol. The van der Waals surface area contributed by atoms with Gasteiger partial charge in [-0.2, -0.15) is 0 Å². The highest BCUT2D eigenvalue weighted by molar-refractivity contribution is 5.18. The molecule has 0 spiro atoms. The van der Waals surface area contributed by atoms with Crippen molar-refractivity contribution in [1.29, 1.82) is 0 Å². The van der Waals surface area contributed by atoms with Gasteiger partial charge >= 0.3 is 0 Å². The van der Waals surface area contributed by atoms with E-state index in [2.05, 4.69) is 32.7 Å². The molecule has 1 rings (SSSR count). The molecule has 0 N–H and O–H groups in total. The Morgan fingerprint density at radius 2 is 1.71 bits per heavy atom. The molecule has 0 fully saturated rings. The molecule has 1 heterocycles. The lowest BCUT2D eigenvalue weighted by Crippen LogP contribution is -3.00. The molecule has 0 aromatic carbocycles. The van der Waals surface area contributed by atoms with Crippen molar-refractivity contribution in [3.63, 3.8) is 0 Å². The summed E-state index contributed by atoms with van der Waals surface area (Å²) in [6.07, 6.45) is 5.46. The van der Waals surface area contributed by atoms with Crippen LogP contribution < -0.4 is 28.7 Å². The number of aryl methyl sites for hydroxylation is 1. The van der Waals surface area contributed by atoms with E-state index in [0.29, 0.717) is 0 Å². The average Bonchev–Trinajstić information content (AvgIpc) is 2.47. The normalized spacial score (nSPS) is 11.0. The lowest BCUT2D eigenvalue weighted by Gasteiger charge is -2.35. The molecule has 0 atom stereocenters. The van der Waals surface area contributed by atoms with Gasteiger partial charge in [-0.3, -0.25) is 0 Å². The number of ether oxygens (including phenoxy) is 1. The number of nitrogens with zero attached hydrogens (tertiary/aromatic N) is 2. The van der Waals surface area contributed by atoms with Crippen molar-refractivity contribution in [2.75, 3.05) is 32.8 Å². The molecule has 21 heavy (non-hydrogen) atoms. The molecule has 1 aromatic heterocycles. The van der Waals surface area contributed by atoms with E-state index >= 15 is 0 Å². The molecule has 3 nitrogen and oxygen atoms in total. The molecule has 0 saturated heterocycles. The Bertz CT molecular complexity index is 373. The number of quaternary nitrogens is 1. The summed E-state index contributed by atoms with van der Waals surface area (Å²) < 4.78 is 6.93. The molecule has 0 aliphatic heterocycles. The maximum Gasteiger partial charge on any atom is 0.213 e. The zero-order chi connectivity index (χ0) is 14.8. The molecule has 0 aliphatic carbocycles. The summed E-state index contributed by atoms with van der Waals surface area (Å²) in [4.78, 5) is 4.21. The fraction of sp³-hybridized carbons (Fsp3) is 0.706. The van der Waals surface area contributed by atoms with Crippen LogP contribution in [-0.2, 0) is 0 Å². The third-order valence-corrected chi connectivity index (χ3v) is 4.43. The van der Waals surface area contributed by atoms with E-state index in [-0.39, 0.29) is 24.0 Å². The topological polar surface area (TPSA) is 22.1 Å². The van der Waals surface area contributed by atoms with E-state index < -0.39 is 0 Å². The average molecular weight is 406 g/mol. The molecule has 0 amide bonds. The molecular formula is C17H31IN2O. The van der Waals surface area contributed by atoms with Crippen molar-refractivity contribution in [3.05, 3.63) is 23.9 Å². The summed E-state index contributed by atoms with van der Waals surface area (Å²) in [5.41, 5.74) is 1.20. The number of aromatic nitrogens is 1. The first-order chi connectivity index (χ1) is 9.65. The van der Waals surface area contributed by atoms with Gasteiger partial charge in [-0.25, -0.2) is 4.98 Å². The van der Waals surface area contributed by atoms with E-state index in [0.717, 1.165) is 18.9 Å². The van der Waals surface area contributed by atoms with Crippen molar-refractivity contribution in [1.82, 2.24) is 4.98 Å². The zero-order valence-corrected chi connectivity index (χ0v) is 16.2. The van der Waals surface area contributed by atoms with Crippen LogP contribution in [0.1, 0.15) is 45.6 Å². The predicted molar refractivity (Wildman–Crippen MR) is 85.1 cm³/mol. The summed E-state index contributed by atoms with van der Waals surface area (Å²) >= 11 is 0. The van der Waals surface area contributed by atoms with Crippen molar-refractivity contribution >= 4 is 0 Å². The Labute approximate surface area is 147 Å². The summed E-state index contributed by atoms with van der Waals surface area (Å²) in [7, 11) is 0. The van der Waals surface area contributed by atoms with Crippen LogP contribution in [0.5, 0.6) is 5.88 Å². The Morgan fingerprint density at radius 1 is 1.05 bits per heavy atom. The van der Waals surface area contributed by atoms with E-state index in [9.17, 15) is 0 Å². The van der Waals surface area contributed by atoms with Crippen molar-refractivity contribution in [3.8, 4) is 5.88 Å². The fourth-order valence-corrected chi connectivity index (χ4v) is 2.64. The van der Waals surface area contributed by atoms with Gasteiger partial charge in [0.1, 0.15) is 0 Å². The first kappa shape index (κ1) is 20.6. The van der Waals surface area contributed by atoms with Gasteiger partial charge in [-0.1, -0.05) is 0 Å². The zero-order valence-electron chi connectivity index (χ0n) is 14.1. The van der Waals surface area contributed by atoms with Gasteiger partial charge < -0.3 is 33.2 Å². The lowest BCUT2D eigenvalue weighted by atomic mass is 10.2. The molecule has 4 heteroatoms. The minimum atomic E-state index is 0. The predicted octanol–water partition coefficient (Wildman–Crippen LogP) is 0.820. The van der Waals surface area contributed by atoms with E-state index in [1.807, 2.05) is 12.1 Å². The molecule has 1 aromatic rings. The van der Waals surface area contributed by atoms with Crippen LogP contribution in [0.25, 0.3) is 0 Å². The molecule has 0 aliphatic rings. The number of pyridine rings is 1. The minimum Gasteiger partial charge on any atom is -1.00 e. The van der Waals surface area contributed by atoms with Crippen LogP contribution in [0.4, 0.5) is 0 Å². The Hall–Kier alpha value is -0.360. The highest BCUT2D eigenvalue weighted by Gasteiger charge is 2.19. The fourth-order valence-electron chi connectivity index (χ4n) is 2.64. The third kappa shape index (κ3) is 7.45.